The van der Waals surface area contributed by atoms with Crippen LogP contribution in [0.1, 0.15) is 69.9 Å². The molecule has 6 N–H and O–H groups in total. The fraction of sp³-hybridized carbons (Fsp3) is 0.409. The number of aliphatic hydroxyl groups is 2. The van der Waals surface area contributed by atoms with Crippen LogP contribution in [0, 0.1) is 0 Å². The van der Waals surface area contributed by atoms with Crippen molar-refractivity contribution in [2.24, 2.45) is 11.5 Å². The fourth-order valence-corrected chi connectivity index (χ4v) is 8.33. The lowest BCUT2D eigenvalue weighted by Gasteiger charge is -2.40. The number of nitrogens with zero attached hydrogens (tertiary/aromatic N) is 2. The Kier molecular flexibility index (Phi) is 12.3. The van der Waals surface area contributed by atoms with Crippen molar-refractivity contribution >= 4 is 12.8 Å². The van der Waals surface area contributed by atoms with Gasteiger partial charge in [0, 0.05) is 51.1 Å². The van der Waals surface area contributed by atoms with E-state index in [9.17, 15) is 19.8 Å². The molecule has 3 fully saturated rings. The van der Waals surface area contributed by atoms with Crippen molar-refractivity contribution in [1.29, 1.82) is 0 Å². The van der Waals surface area contributed by atoms with Gasteiger partial charge >= 0.3 is 0 Å². The molecule has 4 aromatic carbocycles. The molecule has 0 aliphatic carbocycles. The van der Waals surface area contributed by atoms with Crippen LogP contribution in [-0.4, -0.2) is 97.0 Å². The smallest absolute Gasteiger partial charge is 0.225 e. The molecule has 0 spiro atoms. The number of likely N-dealkylation sites (tertiary alicyclic amines) is 2. The Morgan fingerprint density at radius 3 is 1.38 bits per heavy atom. The van der Waals surface area contributed by atoms with E-state index in [0.29, 0.717) is 50.8 Å². The Morgan fingerprint density at radius 1 is 0.607 bits per heavy atom. The first-order chi connectivity index (χ1) is 27.2. The first kappa shape index (κ1) is 39.4. The van der Waals surface area contributed by atoms with E-state index in [-0.39, 0.29) is 50.1 Å². The highest BCUT2D eigenvalue weighted by molar-refractivity contribution is 5.49. The summed E-state index contributed by atoms with van der Waals surface area (Å²) < 4.78 is 23.6. The topological polar surface area (TPSA) is 170 Å². The third-order valence-corrected chi connectivity index (χ3v) is 11.5. The van der Waals surface area contributed by atoms with Crippen LogP contribution >= 0.6 is 0 Å². The second-order valence-corrected chi connectivity index (χ2v) is 15.3. The van der Waals surface area contributed by atoms with Gasteiger partial charge in [0.05, 0.1) is 0 Å². The van der Waals surface area contributed by atoms with Gasteiger partial charge in [0.2, 0.25) is 24.4 Å². The molecule has 3 heterocycles. The molecule has 0 saturated carbocycles. The highest BCUT2D eigenvalue weighted by Crippen LogP contribution is 2.42. The summed E-state index contributed by atoms with van der Waals surface area (Å²) in [6.45, 7) is 2.22. The zero-order valence-electron chi connectivity index (χ0n) is 31.6. The molecule has 12 heteroatoms. The maximum Gasteiger partial charge on any atom is 0.225 e. The van der Waals surface area contributed by atoms with E-state index in [0.717, 1.165) is 47.9 Å². The van der Waals surface area contributed by atoms with Crippen LogP contribution in [0.4, 0.5) is 0 Å². The number of ether oxygens (including phenoxy) is 4. The lowest BCUT2D eigenvalue weighted by atomic mass is 9.76. The normalized spacial score (nSPS) is 26.7. The minimum atomic E-state index is -1.81. The summed E-state index contributed by atoms with van der Waals surface area (Å²) in [5.41, 5.74) is 18.4. The Balaban J connectivity index is 0.962. The number of amides is 2. The molecule has 12 nitrogen and oxygen atoms in total. The van der Waals surface area contributed by atoms with Crippen LogP contribution in [0.2, 0.25) is 0 Å². The Labute approximate surface area is 327 Å². The highest BCUT2D eigenvalue weighted by atomic mass is 16.7. The van der Waals surface area contributed by atoms with E-state index in [4.69, 9.17) is 30.4 Å². The van der Waals surface area contributed by atoms with Crippen LogP contribution in [0.3, 0.4) is 0 Å². The largest absolute Gasteiger partial charge is 0.488 e. The molecule has 0 bridgehead atoms. The molecule has 0 aromatic heterocycles. The molecule has 4 aromatic rings. The van der Waals surface area contributed by atoms with E-state index in [2.05, 4.69) is 24.3 Å². The molecule has 3 aliphatic rings. The molecular formula is C44H52N4O8. The lowest BCUT2D eigenvalue weighted by molar-refractivity contribution is -0.374. The number of hydrogen-bond acceptors (Lipinski definition) is 10. The van der Waals surface area contributed by atoms with Gasteiger partial charge in [-0.15, -0.1) is 0 Å². The van der Waals surface area contributed by atoms with Crippen molar-refractivity contribution in [1.82, 2.24) is 9.80 Å². The number of carbonyl (C=O) groups is 2. The van der Waals surface area contributed by atoms with Crippen molar-refractivity contribution in [3.8, 4) is 11.5 Å². The molecular weight excluding hydrogens is 713 g/mol. The Hall–Kier alpha value is -4.82. The summed E-state index contributed by atoms with van der Waals surface area (Å²) >= 11 is 0. The zero-order chi connectivity index (χ0) is 39.1. The standard InChI is InChI=1S/C44H52N4O8/c45-21-31-5-1-7-33(17-31)39-13-15-47(29-49)23-41(39)35-9-3-11-37(19-35)53-25-43(51)27-56-44(52,28-55-43)26-54-38-12-4-10-36(20-38)42-24-48(30-50)16-14-40(42)34-8-2-6-32(18-34)22-46/h1-12,17-20,29-30,39-42,51-52H,13-16,21-28,45-46H2/t39?,40?,41?,42?,43-,44-/m1/s1. The number of nitrogens with two attached hydrogens (primary N) is 2. The molecule has 3 aliphatic heterocycles. The number of carbonyl (C=O) groups excluding carboxylic acids is 2. The van der Waals surface area contributed by atoms with Crippen LogP contribution in [0.25, 0.3) is 0 Å². The van der Waals surface area contributed by atoms with Crippen molar-refractivity contribution in [3.63, 3.8) is 0 Å². The van der Waals surface area contributed by atoms with E-state index in [1.807, 2.05) is 72.8 Å². The van der Waals surface area contributed by atoms with Gasteiger partial charge in [-0.2, -0.15) is 0 Å². The summed E-state index contributed by atoms with van der Waals surface area (Å²) in [4.78, 5) is 27.2. The van der Waals surface area contributed by atoms with E-state index in [1.54, 1.807) is 9.80 Å². The van der Waals surface area contributed by atoms with E-state index in [1.165, 1.54) is 11.1 Å². The van der Waals surface area contributed by atoms with Gasteiger partial charge in [-0.1, -0.05) is 72.8 Å². The second kappa shape index (κ2) is 17.5. The monoisotopic (exact) mass is 764 g/mol. The lowest BCUT2D eigenvalue weighted by Crippen LogP contribution is -2.58. The summed E-state index contributed by atoms with van der Waals surface area (Å²) in [6, 6.07) is 32.0. The SMILES string of the molecule is NCc1cccc(C2CCN(C=O)CC2c2cccc(OC[C@]3(O)CO[C@](O)(COc4cccc(C5CN(C=O)CCC5c5cccc(CN)c5)c4)CO3)c2)c1. The molecule has 3 saturated heterocycles. The summed E-state index contributed by atoms with van der Waals surface area (Å²) in [5, 5.41) is 22.5. The molecule has 7 rings (SSSR count). The molecule has 6 atom stereocenters. The average Bonchev–Trinajstić information content (AvgIpc) is 3.26. The van der Waals surface area contributed by atoms with Gasteiger partial charge in [0.15, 0.2) is 0 Å². The van der Waals surface area contributed by atoms with E-state index >= 15 is 0 Å². The number of benzene rings is 4. The van der Waals surface area contributed by atoms with Crippen LogP contribution < -0.4 is 20.9 Å². The number of hydrogen-bond donors (Lipinski definition) is 4. The van der Waals surface area contributed by atoms with Gasteiger partial charge in [-0.25, -0.2) is 0 Å². The summed E-state index contributed by atoms with van der Waals surface area (Å²) in [5.74, 6) is -2.13. The van der Waals surface area contributed by atoms with E-state index < -0.39 is 11.6 Å². The first-order valence-corrected chi connectivity index (χ1v) is 19.3. The van der Waals surface area contributed by atoms with Gasteiger partial charge in [0.25, 0.3) is 0 Å². The van der Waals surface area contributed by atoms with Crippen LogP contribution in [0.15, 0.2) is 97.1 Å². The summed E-state index contributed by atoms with van der Waals surface area (Å²) in [7, 11) is 0. The quantitative estimate of drug-likeness (QED) is 0.138. The van der Waals surface area contributed by atoms with Crippen molar-refractivity contribution < 1.29 is 38.7 Å². The van der Waals surface area contributed by atoms with Gasteiger partial charge < -0.3 is 50.4 Å². The van der Waals surface area contributed by atoms with Crippen molar-refractivity contribution in [2.75, 3.05) is 52.6 Å². The van der Waals surface area contributed by atoms with Crippen LogP contribution in [0.5, 0.6) is 11.5 Å². The fourth-order valence-electron chi connectivity index (χ4n) is 8.33. The third-order valence-electron chi connectivity index (χ3n) is 11.5. The molecule has 296 valence electrons. The van der Waals surface area contributed by atoms with Gasteiger partial charge in [-0.3, -0.25) is 9.59 Å². The predicted molar refractivity (Wildman–Crippen MR) is 210 cm³/mol. The number of piperidine rings is 2. The predicted octanol–water partition coefficient (Wildman–Crippen LogP) is 3.94. The van der Waals surface area contributed by atoms with Gasteiger partial charge in [-0.05, 0) is 82.3 Å². The second-order valence-electron chi connectivity index (χ2n) is 15.3. The first-order valence-electron chi connectivity index (χ1n) is 19.3. The number of rotatable bonds is 14. The maximum absolute atomic E-state index is 11.8. The average molecular weight is 765 g/mol. The van der Waals surface area contributed by atoms with Crippen molar-refractivity contribution in [3.05, 3.63) is 130 Å². The molecule has 56 heavy (non-hydrogen) atoms. The zero-order valence-corrected chi connectivity index (χ0v) is 31.6. The highest BCUT2D eigenvalue weighted by Gasteiger charge is 2.44. The maximum atomic E-state index is 11.8. The van der Waals surface area contributed by atoms with Crippen LogP contribution in [-0.2, 0) is 32.2 Å². The minimum Gasteiger partial charge on any atom is -0.488 e. The van der Waals surface area contributed by atoms with Crippen molar-refractivity contribution in [2.45, 2.75) is 61.2 Å². The summed E-state index contributed by atoms with van der Waals surface area (Å²) in [6.07, 6.45) is 3.44. The Bertz CT molecular complexity index is 1810. The minimum absolute atomic E-state index is 0.0297. The molecule has 0 radical (unpaired) electrons. The Morgan fingerprint density at radius 2 is 1.00 bits per heavy atom. The third kappa shape index (κ3) is 9.24. The molecule has 2 amide bonds. The molecule has 4 unspecified atom stereocenters. The van der Waals surface area contributed by atoms with Gasteiger partial charge in [0.1, 0.15) is 37.9 Å².